The maximum Gasteiger partial charge on any atom is 0.216 e. The molecule has 0 unspecified atom stereocenters. The van der Waals surface area contributed by atoms with Crippen molar-refractivity contribution in [2.75, 3.05) is 6.54 Å². The number of aromatic nitrogens is 3. The Morgan fingerprint density at radius 1 is 1.64 bits per heavy atom. The van der Waals surface area contributed by atoms with E-state index in [-0.39, 0.29) is 5.91 Å². The van der Waals surface area contributed by atoms with Crippen LogP contribution >= 0.6 is 0 Å². The normalized spacial score (nSPS) is 10.1. The molecule has 1 N–H and O–H groups in total. The van der Waals surface area contributed by atoms with E-state index in [0.29, 0.717) is 6.54 Å². The highest BCUT2D eigenvalue weighted by atomic mass is 16.1. The summed E-state index contributed by atoms with van der Waals surface area (Å²) >= 11 is 0. The number of nitrogens with zero attached hydrogens (tertiary/aromatic N) is 3. The molecule has 1 heterocycles. The van der Waals surface area contributed by atoms with Gasteiger partial charge in [0.05, 0.1) is 5.69 Å². The minimum absolute atomic E-state index is 0.0119. The Bertz CT molecular complexity index is 295. The van der Waals surface area contributed by atoms with Gasteiger partial charge in [-0.15, -0.1) is 5.10 Å². The van der Waals surface area contributed by atoms with Crippen molar-refractivity contribution in [3.8, 4) is 0 Å². The summed E-state index contributed by atoms with van der Waals surface area (Å²) in [6.07, 6.45) is 3.73. The molecule has 0 fully saturated rings. The SMILES string of the molecule is CCc1cn(CCCNC(C)=O)nn1. The Morgan fingerprint density at radius 2 is 2.43 bits per heavy atom. The highest BCUT2D eigenvalue weighted by Gasteiger charge is 1.97. The average molecular weight is 196 g/mol. The minimum atomic E-state index is 0.0119. The summed E-state index contributed by atoms with van der Waals surface area (Å²) in [6, 6.07) is 0. The Labute approximate surface area is 83.5 Å². The summed E-state index contributed by atoms with van der Waals surface area (Å²) < 4.78 is 1.81. The van der Waals surface area contributed by atoms with Gasteiger partial charge < -0.3 is 5.32 Å². The highest BCUT2D eigenvalue weighted by Crippen LogP contribution is 1.94. The second-order valence-corrected chi connectivity index (χ2v) is 3.16. The third-order valence-electron chi connectivity index (χ3n) is 1.89. The lowest BCUT2D eigenvalue weighted by Gasteiger charge is -2.01. The van der Waals surface area contributed by atoms with E-state index >= 15 is 0 Å². The van der Waals surface area contributed by atoms with Gasteiger partial charge in [-0.1, -0.05) is 12.1 Å². The van der Waals surface area contributed by atoms with Crippen molar-refractivity contribution in [3.05, 3.63) is 11.9 Å². The van der Waals surface area contributed by atoms with Gasteiger partial charge >= 0.3 is 0 Å². The second-order valence-electron chi connectivity index (χ2n) is 3.16. The van der Waals surface area contributed by atoms with Crippen molar-refractivity contribution in [1.29, 1.82) is 0 Å². The maximum atomic E-state index is 10.6. The number of carbonyl (C=O) groups excluding carboxylic acids is 1. The van der Waals surface area contributed by atoms with Crippen LogP contribution in [0.15, 0.2) is 6.20 Å². The van der Waals surface area contributed by atoms with Crippen LogP contribution in [0.5, 0.6) is 0 Å². The van der Waals surface area contributed by atoms with Gasteiger partial charge in [-0.05, 0) is 12.8 Å². The first-order valence-electron chi connectivity index (χ1n) is 4.86. The van der Waals surface area contributed by atoms with Gasteiger partial charge in [0.25, 0.3) is 0 Å². The summed E-state index contributed by atoms with van der Waals surface area (Å²) in [5.41, 5.74) is 1.00. The molecule has 1 amide bonds. The number of hydrogen-bond donors (Lipinski definition) is 1. The van der Waals surface area contributed by atoms with Gasteiger partial charge in [-0.2, -0.15) is 0 Å². The molecule has 0 aliphatic carbocycles. The lowest BCUT2D eigenvalue weighted by molar-refractivity contribution is -0.118. The van der Waals surface area contributed by atoms with Crippen LogP contribution < -0.4 is 5.32 Å². The first kappa shape index (κ1) is 10.7. The second kappa shape index (κ2) is 5.36. The number of amides is 1. The molecule has 0 spiro atoms. The molecule has 5 nitrogen and oxygen atoms in total. The molecule has 14 heavy (non-hydrogen) atoms. The van der Waals surface area contributed by atoms with Crippen LogP contribution in [-0.2, 0) is 17.8 Å². The van der Waals surface area contributed by atoms with Crippen LogP contribution in [0.25, 0.3) is 0 Å². The van der Waals surface area contributed by atoms with Crippen LogP contribution in [0.2, 0.25) is 0 Å². The van der Waals surface area contributed by atoms with Crippen molar-refractivity contribution in [1.82, 2.24) is 20.3 Å². The monoisotopic (exact) mass is 196 g/mol. The van der Waals surface area contributed by atoms with E-state index in [9.17, 15) is 4.79 Å². The van der Waals surface area contributed by atoms with Crippen LogP contribution in [0.3, 0.4) is 0 Å². The van der Waals surface area contributed by atoms with E-state index in [1.807, 2.05) is 13.1 Å². The molecular weight excluding hydrogens is 180 g/mol. The van der Waals surface area contributed by atoms with E-state index in [2.05, 4.69) is 15.6 Å². The van der Waals surface area contributed by atoms with E-state index < -0.39 is 0 Å². The molecule has 0 aliphatic rings. The topological polar surface area (TPSA) is 59.8 Å². The minimum Gasteiger partial charge on any atom is -0.356 e. The first-order chi connectivity index (χ1) is 6.72. The maximum absolute atomic E-state index is 10.6. The molecule has 1 aromatic rings. The predicted octanol–water partition coefficient (Wildman–Crippen LogP) is 0.367. The van der Waals surface area contributed by atoms with Gasteiger partial charge in [0.1, 0.15) is 0 Å². The lowest BCUT2D eigenvalue weighted by Crippen LogP contribution is -2.22. The molecule has 5 heteroatoms. The van der Waals surface area contributed by atoms with Gasteiger partial charge in [-0.25, -0.2) is 0 Å². The summed E-state index contributed by atoms with van der Waals surface area (Å²) in [6.45, 7) is 5.06. The van der Waals surface area contributed by atoms with Crippen LogP contribution in [-0.4, -0.2) is 27.4 Å². The van der Waals surface area contributed by atoms with E-state index in [4.69, 9.17) is 0 Å². The summed E-state index contributed by atoms with van der Waals surface area (Å²) in [5, 5.41) is 10.7. The van der Waals surface area contributed by atoms with Gasteiger partial charge in [0.2, 0.25) is 5.91 Å². The zero-order chi connectivity index (χ0) is 10.4. The van der Waals surface area contributed by atoms with Crippen LogP contribution in [0.4, 0.5) is 0 Å². The Balaban J connectivity index is 2.21. The van der Waals surface area contributed by atoms with Gasteiger partial charge in [0, 0.05) is 26.2 Å². The zero-order valence-corrected chi connectivity index (χ0v) is 8.66. The molecular formula is C9H16N4O. The number of aryl methyl sites for hydroxylation is 2. The van der Waals surface area contributed by atoms with E-state index in [0.717, 1.165) is 25.1 Å². The van der Waals surface area contributed by atoms with Crippen molar-refractivity contribution in [2.45, 2.75) is 33.2 Å². The fraction of sp³-hybridized carbons (Fsp3) is 0.667. The molecule has 1 aromatic heterocycles. The standard InChI is InChI=1S/C9H16N4O/c1-3-9-7-13(12-11-9)6-4-5-10-8(2)14/h7H,3-6H2,1-2H3,(H,10,14). The molecule has 0 saturated carbocycles. The number of hydrogen-bond acceptors (Lipinski definition) is 3. The average Bonchev–Trinajstić information content (AvgIpc) is 2.60. The van der Waals surface area contributed by atoms with E-state index in [1.54, 1.807) is 4.68 Å². The number of carbonyl (C=O) groups is 1. The zero-order valence-electron chi connectivity index (χ0n) is 8.66. The smallest absolute Gasteiger partial charge is 0.216 e. The molecule has 0 saturated heterocycles. The fourth-order valence-electron chi connectivity index (χ4n) is 1.12. The Kier molecular flexibility index (Phi) is 4.10. The summed E-state index contributed by atoms with van der Waals surface area (Å²) in [4.78, 5) is 10.6. The fourth-order valence-corrected chi connectivity index (χ4v) is 1.12. The van der Waals surface area contributed by atoms with Crippen molar-refractivity contribution in [3.63, 3.8) is 0 Å². The van der Waals surface area contributed by atoms with Gasteiger partial charge in [0.15, 0.2) is 0 Å². The Morgan fingerprint density at radius 3 is 3.00 bits per heavy atom. The predicted molar refractivity (Wildman–Crippen MR) is 52.7 cm³/mol. The molecule has 0 bridgehead atoms. The number of nitrogens with one attached hydrogen (secondary N) is 1. The third-order valence-corrected chi connectivity index (χ3v) is 1.89. The van der Waals surface area contributed by atoms with Crippen LogP contribution in [0.1, 0.15) is 26.0 Å². The van der Waals surface area contributed by atoms with E-state index in [1.165, 1.54) is 6.92 Å². The quantitative estimate of drug-likeness (QED) is 0.692. The summed E-state index contributed by atoms with van der Waals surface area (Å²) in [7, 11) is 0. The van der Waals surface area contributed by atoms with Crippen LogP contribution in [0, 0.1) is 0 Å². The largest absolute Gasteiger partial charge is 0.356 e. The third kappa shape index (κ3) is 3.55. The number of rotatable bonds is 5. The van der Waals surface area contributed by atoms with Gasteiger partial charge in [-0.3, -0.25) is 9.48 Å². The molecule has 1 rings (SSSR count). The Hall–Kier alpha value is -1.39. The molecule has 0 aromatic carbocycles. The molecule has 0 aliphatic heterocycles. The molecule has 78 valence electrons. The molecule has 0 atom stereocenters. The lowest BCUT2D eigenvalue weighted by atomic mass is 10.4. The van der Waals surface area contributed by atoms with Crippen molar-refractivity contribution < 1.29 is 4.79 Å². The van der Waals surface area contributed by atoms with Crippen molar-refractivity contribution in [2.24, 2.45) is 0 Å². The molecule has 0 radical (unpaired) electrons. The summed E-state index contributed by atoms with van der Waals surface area (Å²) in [5.74, 6) is 0.0119. The highest BCUT2D eigenvalue weighted by molar-refractivity contribution is 5.72. The van der Waals surface area contributed by atoms with Crippen molar-refractivity contribution >= 4 is 5.91 Å². The first-order valence-corrected chi connectivity index (χ1v) is 4.86.